The third-order valence-electron chi connectivity index (χ3n) is 4.70. The number of hydrogen-bond acceptors (Lipinski definition) is 4. The Morgan fingerprint density at radius 1 is 0.931 bits per heavy atom. The molecule has 0 spiro atoms. The van der Waals surface area contributed by atoms with Gasteiger partial charge >= 0.3 is 5.97 Å². The molecule has 0 bridgehead atoms. The summed E-state index contributed by atoms with van der Waals surface area (Å²) in [4.78, 5) is 13.1. The van der Waals surface area contributed by atoms with E-state index in [1.807, 2.05) is 6.20 Å². The van der Waals surface area contributed by atoms with Gasteiger partial charge in [-0.15, -0.1) is 0 Å². The van der Waals surface area contributed by atoms with Crippen molar-refractivity contribution >= 4 is 15.8 Å². The second-order valence-electron chi connectivity index (χ2n) is 7.15. The van der Waals surface area contributed by atoms with Crippen LogP contribution >= 0.6 is 0 Å². The molecule has 0 heterocycles. The summed E-state index contributed by atoms with van der Waals surface area (Å²) in [6.07, 6.45) is 13.8. The van der Waals surface area contributed by atoms with Gasteiger partial charge in [0.2, 0.25) is 9.84 Å². The molecule has 162 valence electrons. The van der Waals surface area contributed by atoms with Crippen molar-refractivity contribution in [3.05, 3.63) is 53.6 Å². The fraction of sp³-hybridized carbons (Fsp3) is 0.522. The zero-order chi connectivity index (χ0) is 21.5. The predicted octanol–water partition coefficient (Wildman–Crippen LogP) is 5.41. The first-order valence-electron chi connectivity index (χ1n) is 10.6. The molecule has 0 atom stereocenters. The molecule has 29 heavy (non-hydrogen) atoms. The van der Waals surface area contributed by atoms with Gasteiger partial charge in [-0.25, -0.2) is 13.2 Å². The Balaban J connectivity index is 2.91. The summed E-state index contributed by atoms with van der Waals surface area (Å²) in [5, 5.41) is 9.44. The van der Waals surface area contributed by atoms with Crippen LogP contribution in [-0.2, 0) is 14.6 Å². The molecule has 0 aromatic heterocycles. The van der Waals surface area contributed by atoms with Crippen LogP contribution in [0.2, 0.25) is 0 Å². The molecule has 0 aliphatic heterocycles. The van der Waals surface area contributed by atoms with Crippen molar-refractivity contribution in [1.29, 1.82) is 0 Å². The van der Waals surface area contributed by atoms with Crippen LogP contribution in [0.5, 0.6) is 0 Å². The van der Waals surface area contributed by atoms with Gasteiger partial charge in [0.05, 0.1) is 4.90 Å². The molecular weight excluding hydrogens is 386 g/mol. The van der Waals surface area contributed by atoms with Gasteiger partial charge in [0, 0.05) is 13.1 Å². The van der Waals surface area contributed by atoms with Gasteiger partial charge < -0.3 is 10.0 Å². The molecular formula is C23H35NO4S. The van der Waals surface area contributed by atoms with E-state index in [1.165, 1.54) is 43.9 Å². The van der Waals surface area contributed by atoms with E-state index >= 15 is 0 Å². The summed E-state index contributed by atoms with van der Waals surface area (Å²) in [6.45, 7) is 6.14. The number of carbonyl (C=O) groups is 1. The SMILES string of the molecule is CCCCCCN(/C=C/C=C(/C(=O)O)S(=O)(=O)c1ccccc1)CCCCCC. The van der Waals surface area contributed by atoms with E-state index in [2.05, 4.69) is 18.7 Å². The van der Waals surface area contributed by atoms with E-state index < -0.39 is 20.7 Å². The molecule has 1 N–H and O–H groups in total. The number of allylic oxidation sites excluding steroid dienone is 2. The predicted molar refractivity (Wildman–Crippen MR) is 118 cm³/mol. The Morgan fingerprint density at radius 2 is 1.48 bits per heavy atom. The Bertz CT molecular complexity index is 742. The molecule has 0 radical (unpaired) electrons. The first kappa shape index (κ1) is 25.0. The average molecular weight is 422 g/mol. The van der Waals surface area contributed by atoms with E-state index in [4.69, 9.17) is 0 Å². The van der Waals surface area contributed by atoms with Gasteiger partial charge in [-0.3, -0.25) is 0 Å². The zero-order valence-corrected chi connectivity index (χ0v) is 18.5. The number of carboxylic acid groups (broad SMARTS) is 1. The third kappa shape index (κ3) is 9.31. The van der Waals surface area contributed by atoms with Gasteiger partial charge in [0.15, 0.2) is 4.91 Å². The molecule has 5 nitrogen and oxygen atoms in total. The van der Waals surface area contributed by atoms with Crippen LogP contribution in [0.25, 0.3) is 0 Å². The summed E-state index contributed by atoms with van der Waals surface area (Å²) in [5.74, 6) is -1.45. The van der Waals surface area contributed by atoms with E-state index in [1.54, 1.807) is 24.3 Å². The number of unbranched alkanes of at least 4 members (excludes halogenated alkanes) is 6. The van der Waals surface area contributed by atoms with E-state index in [-0.39, 0.29) is 4.90 Å². The van der Waals surface area contributed by atoms with Crippen molar-refractivity contribution in [2.75, 3.05) is 13.1 Å². The Hall–Kier alpha value is -2.08. The Morgan fingerprint density at radius 3 is 1.97 bits per heavy atom. The first-order chi connectivity index (χ1) is 13.9. The Kier molecular flexibility index (Phi) is 12.0. The molecule has 0 saturated heterocycles. The van der Waals surface area contributed by atoms with Crippen LogP contribution in [0.4, 0.5) is 0 Å². The summed E-state index contributed by atoms with van der Waals surface area (Å²) in [7, 11) is -4.06. The number of rotatable bonds is 15. The highest BCUT2D eigenvalue weighted by molar-refractivity contribution is 7.96. The minimum atomic E-state index is -4.06. The summed E-state index contributed by atoms with van der Waals surface area (Å²) < 4.78 is 25.3. The van der Waals surface area contributed by atoms with E-state index in [9.17, 15) is 18.3 Å². The lowest BCUT2D eigenvalue weighted by atomic mass is 10.2. The van der Waals surface area contributed by atoms with Crippen molar-refractivity contribution in [1.82, 2.24) is 4.90 Å². The maximum Gasteiger partial charge on any atom is 0.347 e. The monoisotopic (exact) mass is 421 g/mol. The summed E-state index contributed by atoms with van der Waals surface area (Å²) in [6, 6.07) is 7.66. The lowest BCUT2D eigenvalue weighted by molar-refractivity contribution is -0.131. The lowest BCUT2D eigenvalue weighted by Crippen LogP contribution is -2.20. The third-order valence-corrected chi connectivity index (χ3v) is 6.48. The molecule has 0 aliphatic carbocycles. The molecule has 1 aromatic carbocycles. The fourth-order valence-corrected chi connectivity index (χ4v) is 4.26. The number of benzene rings is 1. The van der Waals surface area contributed by atoms with Crippen LogP contribution in [-0.4, -0.2) is 37.5 Å². The molecule has 0 unspecified atom stereocenters. The highest BCUT2D eigenvalue weighted by Gasteiger charge is 2.25. The topological polar surface area (TPSA) is 74.7 Å². The molecule has 6 heteroatoms. The maximum absolute atomic E-state index is 12.6. The number of hydrogen-bond donors (Lipinski definition) is 1. The summed E-state index contributed by atoms with van der Waals surface area (Å²) in [5.41, 5.74) is 0. The van der Waals surface area contributed by atoms with Crippen LogP contribution < -0.4 is 0 Å². The van der Waals surface area contributed by atoms with Crippen LogP contribution in [0.1, 0.15) is 65.2 Å². The van der Waals surface area contributed by atoms with Crippen LogP contribution in [0, 0.1) is 0 Å². The van der Waals surface area contributed by atoms with Gasteiger partial charge in [0.25, 0.3) is 0 Å². The second-order valence-corrected chi connectivity index (χ2v) is 9.07. The molecule has 0 fully saturated rings. The second kappa shape index (κ2) is 14.0. The Labute approximate surface area is 176 Å². The average Bonchev–Trinajstić information content (AvgIpc) is 2.71. The number of sulfone groups is 1. The molecule has 0 aliphatic rings. The summed E-state index contributed by atoms with van der Waals surface area (Å²) >= 11 is 0. The van der Waals surface area contributed by atoms with E-state index in [0.29, 0.717) is 0 Å². The van der Waals surface area contributed by atoms with Crippen LogP contribution in [0.3, 0.4) is 0 Å². The standard InChI is InChI=1S/C23H35NO4S/c1-3-5-7-12-18-24(19-13-8-6-4-2)20-14-17-22(23(25)26)29(27,28)21-15-10-9-11-16-21/h9-11,14-17,20H,3-8,12-13,18-19H2,1-2H3,(H,25,26)/b20-14+,22-17-. The molecule has 0 saturated carbocycles. The van der Waals surface area contributed by atoms with Gasteiger partial charge in [-0.1, -0.05) is 70.6 Å². The van der Waals surface area contributed by atoms with Crippen molar-refractivity contribution in [3.8, 4) is 0 Å². The number of nitrogens with zero attached hydrogens (tertiary/aromatic N) is 1. The van der Waals surface area contributed by atoms with Crippen molar-refractivity contribution in [2.24, 2.45) is 0 Å². The number of aliphatic carboxylic acids is 1. The lowest BCUT2D eigenvalue weighted by Gasteiger charge is -2.20. The normalized spacial score (nSPS) is 12.4. The zero-order valence-electron chi connectivity index (χ0n) is 17.7. The maximum atomic E-state index is 12.6. The van der Waals surface area contributed by atoms with Crippen molar-refractivity contribution < 1.29 is 18.3 Å². The highest BCUT2D eigenvalue weighted by atomic mass is 32.2. The highest BCUT2D eigenvalue weighted by Crippen LogP contribution is 2.19. The molecule has 1 aromatic rings. The smallest absolute Gasteiger partial charge is 0.347 e. The molecule has 0 amide bonds. The van der Waals surface area contributed by atoms with Gasteiger partial charge in [-0.2, -0.15) is 0 Å². The minimum absolute atomic E-state index is 0.0157. The van der Waals surface area contributed by atoms with Gasteiger partial charge in [-0.05, 0) is 43.3 Å². The van der Waals surface area contributed by atoms with Crippen molar-refractivity contribution in [3.63, 3.8) is 0 Å². The van der Waals surface area contributed by atoms with Crippen LogP contribution in [0.15, 0.2) is 58.5 Å². The quantitative estimate of drug-likeness (QED) is 0.233. The first-order valence-corrected chi connectivity index (χ1v) is 12.1. The largest absolute Gasteiger partial charge is 0.477 e. The van der Waals surface area contributed by atoms with E-state index in [0.717, 1.165) is 38.8 Å². The van der Waals surface area contributed by atoms with Gasteiger partial charge in [0.1, 0.15) is 0 Å². The van der Waals surface area contributed by atoms with Crippen molar-refractivity contribution in [2.45, 2.75) is 70.1 Å². The minimum Gasteiger partial charge on any atom is -0.477 e. The molecule has 1 rings (SSSR count). The fourth-order valence-electron chi connectivity index (χ4n) is 3.00. The number of carboxylic acids is 1.